The predicted octanol–water partition coefficient (Wildman–Crippen LogP) is 1.57. The van der Waals surface area contributed by atoms with E-state index >= 15 is 0 Å². The van der Waals surface area contributed by atoms with Gasteiger partial charge in [0.2, 0.25) is 0 Å². The normalized spacial score (nSPS) is 11.9. The Morgan fingerprint density at radius 3 is 1.52 bits per heavy atom. The van der Waals surface area contributed by atoms with Gasteiger partial charge in [-0.05, 0) is 48.7 Å². The molecule has 4 heteroatoms. The standard InChI is InChI=1S/C25H28O2P.BrH/c1-21(20-25(26)27-2)18-19-28(22-12-6-3-7-13-22,23-14-8-4-9-15-23)24-16-10-5-11-17-24;/h3-17,21H,18-20H2,1-2H3;1H/q+1;/p-1. The number of carbonyl (C=O) groups is 1. The number of carbonyl (C=O) groups excluding carboxylic acids is 1. The fourth-order valence-corrected chi connectivity index (χ4v) is 8.31. The van der Waals surface area contributed by atoms with Crippen LogP contribution in [0.3, 0.4) is 0 Å². The SMILES string of the molecule is COC(=O)CC(C)CC[P+](c1ccccc1)(c1ccccc1)c1ccccc1.[Br-]. The van der Waals surface area contributed by atoms with Crippen molar-refractivity contribution in [1.82, 2.24) is 0 Å². The van der Waals surface area contributed by atoms with Gasteiger partial charge in [0.1, 0.15) is 23.2 Å². The van der Waals surface area contributed by atoms with E-state index in [4.69, 9.17) is 4.74 Å². The molecule has 0 saturated heterocycles. The zero-order chi connectivity index (χ0) is 19.8. The van der Waals surface area contributed by atoms with Crippen molar-refractivity contribution in [3.63, 3.8) is 0 Å². The third-order valence-corrected chi connectivity index (χ3v) is 9.76. The van der Waals surface area contributed by atoms with Crippen LogP contribution in [0.25, 0.3) is 0 Å². The maximum atomic E-state index is 11.7. The third-order valence-electron chi connectivity index (χ3n) is 5.29. The predicted molar refractivity (Wildman–Crippen MR) is 120 cm³/mol. The van der Waals surface area contributed by atoms with Gasteiger partial charge in [0.25, 0.3) is 0 Å². The van der Waals surface area contributed by atoms with Crippen molar-refractivity contribution in [3.05, 3.63) is 91.0 Å². The molecule has 0 aliphatic rings. The average Bonchev–Trinajstić information content (AvgIpc) is 2.76. The highest BCUT2D eigenvalue weighted by Gasteiger charge is 2.44. The third kappa shape index (κ3) is 5.56. The highest BCUT2D eigenvalue weighted by atomic mass is 79.9. The molecule has 0 N–H and O–H groups in total. The first kappa shape index (κ1) is 23.3. The van der Waals surface area contributed by atoms with Crippen LogP contribution in [-0.2, 0) is 9.53 Å². The molecule has 0 spiro atoms. The second kappa shape index (κ2) is 11.3. The van der Waals surface area contributed by atoms with E-state index in [2.05, 4.69) is 97.9 Å². The molecule has 0 fully saturated rings. The van der Waals surface area contributed by atoms with Crippen molar-refractivity contribution in [2.24, 2.45) is 5.92 Å². The molecule has 0 heterocycles. The van der Waals surface area contributed by atoms with E-state index in [0.717, 1.165) is 12.6 Å². The Morgan fingerprint density at radius 2 is 1.17 bits per heavy atom. The molecule has 2 nitrogen and oxygen atoms in total. The molecule has 0 aliphatic heterocycles. The van der Waals surface area contributed by atoms with Crippen LogP contribution in [0.4, 0.5) is 0 Å². The first-order valence-electron chi connectivity index (χ1n) is 9.78. The van der Waals surface area contributed by atoms with Gasteiger partial charge < -0.3 is 21.7 Å². The van der Waals surface area contributed by atoms with Crippen LogP contribution in [0.15, 0.2) is 91.0 Å². The molecule has 0 bridgehead atoms. The molecule has 0 radical (unpaired) electrons. The van der Waals surface area contributed by atoms with Gasteiger partial charge >= 0.3 is 5.97 Å². The summed E-state index contributed by atoms with van der Waals surface area (Å²) in [5.74, 6) is 0.151. The van der Waals surface area contributed by atoms with Crippen molar-refractivity contribution in [1.29, 1.82) is 0 Å². The summed E-state index contributed by atoms with van der Waals surface area (Å²) in [6, 6.07) is 32.6. The lowest BCUT2D eigenvalue weighted by Crippen LogP contribution is -3.00. The quantitative estimate of drug-likeness (QED) is 0.369. The molecule has 0 amide bonds. The molecule has 1 unspecified atom stereocenters. The van der Waals surface area contributed by atoms with Gasteiger partial charge in [-0.25, -0.2) is 0 Å². The van der Waals surface area contributed by atoms with Crippen molar-refractivity contribution < 1.29 is 26.5 Å². The fraction of sp³-hybridized carbons (Fsp3) is 0.240. The number of benzene rings is 3. The second-order valence-corrected chi connectivity index (χ2v) is 10.8. The van der Waals surface area contributed by atoms with Gasteiger partial charge in [0.05, 0.1) is 13.3 Å². The van der Waals surface area contributed by atoms with Crippen LogP contribution in [0.1, 0.15) is 19.8 Å². The molecule has 3 rings (SSSR count). The summed E-state index contributed by atoms with van der Waals surface area (Å²) in [4.78, 5) is 11.7. The minimum atomic E-state index is -1.81. The molecule has 0 saturated carbocycles. The minimum absolute atomic E-state index is 0. The molecule has 3 aromatic carbocycles. The van der Waals surface area contributed by atoms with Gasteiger partial charge in [0, 0.05) is 6.42 Å². The van der Waals surface area contributed by atoms with Crippen LogP contribution < -0.4 is 32.9 Å². The Kier molecular flexibility index (Phi) is 9.07. The number of hydrogen-bond donors (Lipinski definition) is 0. The van der Waals surface area contributed by atoms with Crippen LogP contribution >= 0.6 is 7.26 Å². The topological polar surface area (TPSA) is 26.3 Å². The lowest BCUT2D eigenvalue weighted by atomic mass is 10.1. The summed E-state index contributed by atoms with van der Waals surface area (Å²) < 4.78 is 4.88. The van der Waals surface area contributed by atoms with E-state index in [0.29, 0.717) is 6.42 Å². The monoisotopic (exact) mass is 470 g/mol. The average molecular weight is 471 g/mol. The van der Waals surface area contributed by atoms with Gasteiger partial charge in [0.15, 0.2) is 0 Å². The summed E-state index contributed by atoms with van der Waals surface area (Å²) in [5, 5.41) is 4.16. The number of halogens is 1. The molecule has 29 heavy (non-hydrogen) atoms. The highest BCUT2D eigenvalue weighted by molar-refractivity contribution is 7.95. The number of rotatable bonds is 8. The molecule has 3 aromatic rings. The van der Waals surface area contributed by atoms with Crippen LogP contribution in [-0.4, -0.2) is 19.2 Å². The molecule has 152 valence electrons. The zero-order valence-electron chi connectivity index (χ0n) is 17.0. The summed E-state index contributed by atoms with van der Waals surface area (Å²) in [7, 11) is -0.349. The number of hydrogen-bond acceptors (Lipinski definition) is 2. The van der Waals surface area contributed by atoms with Crippen LogP contribution in [0.5, 0.6) is 0 Å². The summed E-state index contributed by atoms with van der Waals surface area (Å²) in [5.41, 5.74) is 0. The summed E-state index contributed by atoms with van der Waals surface area (Å²) in [6.07, 6.45) is 2.47. The lowest BCUT2D eigenvalue weighted by Gasteiger charge is -2.28. The van der Waals surface area contributed by atoms with Crippen molar-refractivity contribution >= 4 is 29.1 Å². The zero-order valence-corrected chi connectivity index (χ0v) is 19.5. The van der Waals surface area contributed by atoms with E-state index in [9.17, 15) is 4.79 Å². The Hall–Kier alpha value is -1.96. The maximum absolute atomic E-state index is 11.7. The first-order valence-corrected chi connectivity index (χ1v) is 11.8. The van der Waals surface area contributed by atoms with Crippen LogP contribution in [0.2, 0.25) is 0 Å². The van der Waals surface area contributed by atoms with Gasteiger partial charge in [-0.1, -0.05) is 61.5 Å². The molecule has 0 aromatic heterocycles. The highest BCUT2D eigenvalue weighted by Crippen LogP contribution is 2.56. The molecular formula is C25H28BrO2P. The fourth-order valence-electron chi connectivity index (χ4n) is 3.77. The number of methoxy groups -OCH3 is 1. The molecule has 0 aliphatic carbocycles. The van der Waals surface area contributed by atoms with Gasteiger partial charge in [-0.15, -0.1) is 0 Å². The van der Waals surface area contributed by atoms with Crippen molar-refractivity contribution in [3.8, 4) is 0 Å². The van der Waals surface area contributed by atoms with E-state index in [1.807, 2.05) is 0 Å². The Balaban J connectivity index is 0.00000300. The van der Waals surface area contributed by atoms with Crippen LogP contribution in [0, 0.1) is 5.92 Å². The van der Waals surface area contributed by atoms with E-state index < -0.39 is 7.26 Å². The van der Waals surface area contributed by atoms with Crippen molar-refractivity contribution in [2.45, 2.75) is 19.8 Å². The number of esters is 1. The van der Waals surface area contributed by atoms with E-state index in [1.165, 1.54) is 23.0 Å². The summed E-state index contributed by atoms with van der Waals surface area (Å²) in [6.45, 7) is 2.15. The largest absolute Gasteiger partial charge is 1.00 e. The molecular weight excluding hydrogens is 443 g/mol. The smallest absolute Gasteiger partial charge is 0.305 e. The second-order valence-electron chi connectivity index (χ2n) is 7.21. The van der Waals surface area contributed by atoms with Gasteiger partial charge in [-0.3, -0.25) is 4.79 Å². The van der Waals surface area contributed by atoms with Crippen molar-refractivity contribution in [2.75, 3.05) is 13.3 Å². The van der Waals surface area contributed by atoms with E-state index in [1.54, 1.807) is 0 Å². The number of ether oxygens (including phenoxy) is 1. The van der Waals surface area contributed by atoms with E-state index in [-0.39, 0.29) is 28.9 Å². The Bertz CT molecular complexity index is 772. The lowest BCUT2D eigenvalue weighted by molar-refractivity contribution is -0.141. The Morgan fingerprint density at radius 1 is 0.793 bits per heavy atom. The Labute approximate surface area is 185 Å². The molecule has 1 atom stereocenters. The van der Waals surface area contributed by atoms with Gasteiger partial charge in [-0.2, -0.15) is 0 Å². The first-order chi connectivity index (χ1) is 13.7. The maximum Gasteiger partial charge on any atom is 0.305 e. The summed E-state index contributed by atoms with van der Waals surface area (Å²) >= 11 is 0. The minimum Gasteiger partial charge on any atom is -1.00 e.